The van der Waals surface area contributed by atoms with Gasteiger partial charge < -0.3 is 26.2 Å². The van der Waals surface area contributed by atoms with Crippen LogP contribution in [0.2, 0.25) is 0 Å². The fourth-order valence-corrected chi connectivity index (χ4v) is 2.15. The van der Waals surface area contributed by atoms with Crippen LogP contribution in [0.5, 0.6) is 5.75 Å². The van der Waals surface area contributed by atoms with Crippen LogP contribution in [-0.2, 0) is 4.79 Å². The number of rotatable bonds is 4. The van der Waals surface area contributed by atoms with Gasteiger partial charge in [-0.2, -0.15) is 0 Å². The summed E-state index contributed by atoms with van der Waals surface area (Å²) < 4.78 is 5.29. The quantitative estimate of drug-likeness (QED) is 0.602. The average Bonchev–Trinajstić information content (AvgIpc) is 3.17. The molecule has 19 heavy (non-hydrogen) atoms. The molecule has 1 heterocycles. The molecule has 0 radical (unpaired) electrons. The Bertz CT molecular complexity index is 526. The number of aliphatic hydroxyl groups excluding tert-OH is 1. The molecule has 1 aromatic rings. The topological polar surface area (TPSA) is 96.6 Å². The highest BCUT2D eigenvalue weighted by molar-refractivity contribution is 5.97. The number of fused-ring (bicyclic) bond motifs is 1. The normalized spacial score (nSPS) is 19.1. The maximum atomic E-state index is 11.3. The highest BCUT2D eigenvalue weighted by Gasteiger charge is 2.41. The first-order valence-electron chi connectivity index (χ1n) is 6.33. The molecule has 1 aliphatic carbocycles. The molecule has 1 aliphatic heterocycles. The van der Waals surface area contributed by atoms with Crippen LogP contribution >= 0.6 is 0 Å². The molecule has 5 N–H and O–H groups in total. The molecule has 3 rings (SSSR count). The van der Waals surface area contributed by atoms with E-state index in [4.69, 9.17) is 10.5 Å². The number of hydrogen-bond acceptors (Lipinski definition) is 5. The van der Waals surface area contributed by atoms with E-state index < -0.39 is 0 Å². The van der Waals surface area contributed by atoms with Gasteiger partial charge in [-0.05, 0) is 18.9 Å². The number of nitrogen functional groups attached to an aromatic ring is 1. The highest BCUT2D eigenvalue weighted by atomic mass is 16.5. The number of amides is 1. The van der Waals surface area contributed by atoms with Crippen molar-refractivity contribution in [1.29, 1.82) is 0 Å². The lowest BCUT2D eigenvalue weighted by Crippen LogP contribution is -2.26. The average molecular weight is 263 g/mol. The summed E-state index contributed by atoms with van der Waals surface area (Å²) in [6.07, 6.45) is 2.06. The van der Waals surface area contributed by atoms with E-state index in [9.17, 15) is 9.90 Å². The molecular formula is C13H17N3O3. The maximum absolute atomic E-state index is 11.3. The number of carbonyl (C=O) groups excluding carboxylic acids is 1. The molecule has 1 amide bonds. The van der Waals surface area contributed by atoms with Crippen molar-refractivity contribution < 1.29 is 14.6 Å². The monoisotopic (exact) mass is 263 g/mol. The van der Waals surface area contributed by atoms with Crippen LogP contribution in [0.3, 0.4) is 0 Å². The first kappa shape index (κ1) is 12.1. The minimum Gasteiger partial charge on any atom is -0.482 e. The Morgan fingerprint density at radius 2 is 2.26 bits per heavy atom. The summed E-state index contributed by atoms with van der Waals surface area (Å²) in [4.78, 5) is 11.3. The zero-order chi connectivity index (χ0) is 13.5. The predicted molar refractivity (Wildman–Crippen MR) is 72.2 cm³/mol. The van der Waals surface area contributed by atoms with Crippen LogP contribution in [0.4, 0.5) is 17.1 Å². The Balaban J connectivity index is 1.78. The molecule has 0 bridgehead atoms. The van der Waals surface area contributed by atoms with E-state index in [0.29, 0.717) is 23.7 Å². The standard InChI is InChI=1S/C13H17N3O3/c14-8-3-11-10(16-12(18)5-19-11)4-9(8)15-6-13(7-17)1-2-13/h3-4,15,17H,1-2,5-7,14H2,(H,16,18). The summed E-state index contributed by atoms with van der Waals surface area (Å²) in [6, 6.07) is 3.48. The Morgan fingerprint density at radius 1 is 1.47 bits per heavy atom. The van der Waals surface area contributed by atoms with Gasteiger partial charge in [0.15, 0.2) is 6.61 Å². The molecule has 0 aromatic heterocycles. The van der Waals surface area contributed by atoms with E-state index in [-0.39, 0.29) is 24.5 Å². The summed E-state index contributed by atoms with van der Waals surface area (Å²) in [5, 5.41) is 15.3. The number of benzene rings is 1. The molecule has 102 valence electrons. The third kappa shape index (κ3) is 2.31. The van der Waals surface area contributed by atoms with Crippen molar-refractivity contribution in [1.82, 2.24) is 0 Å². The fourth-order valence-electron chi connectivity index (χ4n) is 2.15. The minimum atomic E-state index is -0.169. The van der Waals surface area contributed by atoms with E-state index in [0.717, 1.165) is 18.5 Å². The van der Waals surface area contributed by atoms with E-state index >= 15 is 0 Å². The van der Waals surface area contributed by atoms with Gasteiger partial charge in [0.25, 0.3) is 5.91 Å². The SMILES string of the molecule is Nc1cc2c(cc1NCC1(CO)CC1)NC(=O)CO2. The third-order valence-electron chi connectivity index (χ3n) is 3.73. The summed E-state index contributed by atoms with van der Waals surface area (Å²) in [7, 11) is 0. The second-order valence-electron chi connectivity index (χ2n) is 5.28. The summed E-state index contributed by atoms with van der Waals surface area (Å²) in [5.41, 5.74) is 7.91. The predicted octanol–water partition coefficient (Wildman–Crippen LogP) is 0.784. The molecule has 0 saturated heterocycles. The van der Waals surface area contributed by atoms with Gasteiger partial charge >= 0.3 is 0 Å². The zero-order valence-corrected chi connectivity index (χ0v) is 10.5. The van der Waals surface area contributed by atoms with Gasteiger partial charge in [-0.3, -0.25) is 4.79 Å². The van der Waals surface area contributed by atoms with E-state index in [1.165, 1.54) is 0 Å². The molecule has 0 spiro atoms. The Hall–Kier alpha value is -1.95. The second kappa shape index (κ2) is 4.31. The molecule has 1 aromatic carbocycles. The number of anilines is 3. The van der Waals surface area contributed by atoms with Crippen LogP contribution in [-0.4, -0.2) is 30.8 Å². The lowest BCUT2D eigenvalue weighted by Gasteiger charge is -2.21. The van der Waals surface area contributed by atoms with Gasteiger partial charge in [0, 0.05) is 18.0 Å². The molecule has 0 atom stereocenters. The van der Waals surface area contributed by atoms with Crippen molar-refractivity contribution in [3.63, 3.8) is 0 Å². The maximum Gasteiger partial charge on any atom is 0.262 e. The Labute approximate surface area is 110 Å². The van der Waals surface area contributed by atoms with Gasteiger partial charge in [0.05, 0.1) is 23.7 Å². The number of nitrogens with two attached hydrogens (primary N) is 1. The number of nitrogens with one attached hydrogen (secondary N) is 2. The lowest BCUT2D eigenvalue weighted by atomic mass is 10.1. The van der Waals surface area contributed by atoms with Gasteiger partial charge in [0.1, 0.15) is 5.75 Å². The lowest BCUT2D eigenvalue weighted by molar-refractivity contribution is -0.118. The largest absolute Gasteiger partial charge is 0.482 e. The molecule has 6 nitrogen and oxygen atoms in total. The summed E-state index contributed by atoms with van der Waals surface area (Å²) in [6.45, 7) is 0.888. The van der Waals surface area contributed by atoms with Gasteiger partial charge in [-0.1, -0.05) is 0 Å². The second-order valence-corrected chi connectivity index (χ2v) is 5.28. The van der Waals surface area contributed by atoms with Crippen molar-refractivity contribution in [2.45, 2.75) is 12.8 Å². The molecule has 1 saturated carbocycles. The van der Waals surface area contributed by atoms with Crippen molar-refractivity contribution in [3.8, 4) is 5.75 Å². The van der Waals surface area contributed by atoms with Crippen molar-refractivity contribution in [2.75, 3.05) is 36.1 Å². The van der Waals surface area contributed by atoms with Crippen LogP contribution in [0.15, 0.2) is 12.1 Å². The third-order valence-corrected chi connectivity index (χ3v) is 3.73. The first-order valence-corrected chi connectivity index (χ1v) is 6.33. The molecule has 6 heteroatoms. The van der Waals surface area contributed by atoms with Gasteiger partial charge in [0.2, 0.25) is 0 Å². The van der Waals surface area contributed by atoms with Crippen LogP contribution in [0.25, 0.3) is 0 Å². The van der Waals surface area contributed by atoms with Gasteiger partial charge in [-0.25, -0.2) is 0 Å². The molecule has 1 fully saturated rings. The number of ether oxygens (including phenoxy) is 1. The smallest absolute Gasteiger partial charge is 0.262 e. The first-order chi connectivity index (χ1) is 9.12. The highest BCUT2D eigenvalue weighted by Crippen LogP contribution is 2.45. The van der Waals surface area contributed by atoms with Crippen LogP contribution in [0.1, 0.15) is 12.8 Å². The summed E-state index contributed by atoms with van der Waals surface area (Å²) in [5.74, 6) is 0.420. The Morgan fingerprint density at radius 3 is 2.95 bits per heavy atom. The minimum absolute atomic E-state index is 0.00207. The van der Waals surface area contributed by atoms with Crippen molar-refractivity contribution in [3.05, 3.63) is 12.1 Å². The van der Waals surface area contributed by atoms with Gasteiger partial charge in [-0.15, -0.1) is 0 Å². The number of aliphatic hydroxyl groups is 1. The molecule has 2 aliphatic rings. The number of carbonyl (C=O) groups is 1. The fraction of sp³-hybridized carbons (Fsp3) is 0.462. The zero-order valence-electron chi connectivity index (χ0n) is 10.5. The number of hydrogen-bond donors (Lipinski definition) is 4. The summed E-state index contributed by atoms with van der Waals surface area (Å²) >= 11 is 0. The van der Waals surface area contributed by atoms with E-state index in [1.54, 1.807) is 12.1 Å². The van der Waals surface area contributed by atoms with E-state index in [1.807, 2.05) is 0 Å². The molecule has 0 unspecified atom stereocenters. The Kier molecular flexibility index (Phi) is 2.74. The van der Waals surface area contributed by atoms with Crippen LogP contribution < -0.4 is 21.1 Å². The molecular weight excluding hydrogens is 246 g/mol. The van der Waals surface area contributed by atoms with Crippen LogP contribution in [0, 0.1) is 5.41 Å². The van der Waals surface area contributed by atoms with Crippen molar-refractivity contribution >= 4 is 23.0 Å². The van der Waals surface area contributed by atoms with E-state index in [2.05, 4.69) is 10.6 Å². The van der Waals surface area contributed by atoms with Crippen molar-refractivity contribution in [2.24, 2.45) is 5.41 Å².